The van der Waals surface area contributed by atoms with Crippen LogP contribution in [0.15, 0.2) is 77.7 Å². The molecule has 0 saturated carbocycles. The van der Waals surface area contributed by atoms with Gasteiger partial charge in [-0.1, -0.05) is 67.1 Å². The molecule has 0 aliphatic rings. The molecule has 0 aliphatic heterocycles. The van der Waals surface area contributed by atoms with Crippen LogP contribution < -0.4 is 4.74 Å². The molecule has 0 N–H and O–H groups in total. The van der Waals surface area contributed by atoms with E-state index in [2.05, 4.69) is 31.2 Å². The van der Waals surface area contributed by atoms with Crippen LogP contribution in [0.3, 0.4) is 0 Å². The highest BCUT2D eigenvalue weighted by Crippen LogP contribution is 2.35. The van der Waals surface area contributed by atoms with Gasteiger partial charge < -0.3 is 4.74 Å². The first kappa shape index (κ1) is 22.1. The monoisotopic (exact) mass is 424 g/mol. The molecule has 0 aromatic heterocycles. The van der Waals surface area contributed by atoms with E-state index < -0.39 is 10.1 Å². The molecule has 3 rings (SSSR count). The average Bonchev–Trinajstić information content (AvgIpc) is 2.77. The van der Waals surface area contributed by atoms with Crippen LogP contribution in [0.4, 0.5) is 0 Å². The van der Waals surface area contributed by atoms with Crippen molar-refractivity contribution >= 4 is 10.1 Å². The van der Waals surface area contributed by atoms with Crippen LogP contribution >= 0.6 is 0 Å². The minimum atomic E-state index is -3.80. The summed E-state index contributed by atoms with van der Waals surface area (Å²) in [5, 5.41) is 0. The van der Waals surface area contributed by atoms with Gasteiger partial charge in [-0.2, -0.15) is 8.42 Å². The van der Waals surface area contributed by atoms with Crippen molar-refractivity contribution in [3.05, 3.63) is 95.1 Å². The number of aryl methyl sites for hydroxylation is 2. The molecule has 0 spiro atoms. The number of ether oxygens (including phenoxy) is 1. The summed E-state index contributed by atoms with van der Waals surface area (Å²) in [5.41, 5.74) is 4.35. The Balaban J connectivity index is 1.85. The zero-order valence-electron chi connectivity index (χ0n) is 17.7. The minimum absolute atomic E-state index is 0.0409. The standard InChI is InChI=1S/C25H28O4S/c1-4-20-12-15-25(28-3)24(18-20)23(21-8-6-5-7-9-21)16-17-29-30(26,27)22-13-10-19(2)11-14-22/h5-15,18,23H,4,16-17H2,1-3H3/t23-/m1/s1. The van der Waals surface area contributed by atoms with Gasteiger partial charge in [0.2, 0.25) is 0 Å². The normalized spacial score (nSPS) is 12.5. The second kappa shape index (κ2) is 9.92. The highest BCUT2D eigenvalue weighted by molar-refractivity contribution is 7.86. The van der Waals surface area contributed by atoms with Crippen molar-refractivity contribution in [3.8, 4) is 5.75 Å². The lowest BCUT2D eigenvalue weighted by atomic mass is 9.87. The molecule has 0 amide bonds. The third-order valence-electron chi connectivity index (χ3n) is 5.23. The van der Waals surface area contributed by atoms with E-state index in [1.807, 2.05) is 31.2 Å². The van der Waals surface area contributed by atoms with E-state index in [9.17, 15) is 8.42 Å². The Bertz CT molecular complexity index is 1060. The summed E-state index contributed by atoms with van der Waals surface area (Å²) in [6, 6.07) is 22.9. The van der Waals surface area contributed by atoms with Crippen molar-refractivity contribution in [2.75, 3.05) is 13.7 Å². The zero-order chi connectivity index (χ0) is 21.6. The lowest BCUT2D eigenvalue weighted by Crippen LogP contribution is -2.12. The molecule has 30 heavy (non-hydrogen) atoms. The van der Waals surface area contributed by atoms with Gasteiger partial charge in [0.05, 0.1) is 18.6 Å². The van der Waals surface area contributed by atoms with E-state index in [4.69, 9.17) is 8.92 Å². The molecule has 3 aromatic carbocycles. The van der Waals surface area contributed by atoms with Crippen LogP contribution in [-0.2, 0) is 20.7 Å². The molecule has 158 valence electrons. The summed E-state index contributed by atoms with van der Waals surface area (Å²) in [7, 11) is -2.14. The first-order valence-corrected chi connectivity index (χ1v) is 11.5. The first-order chi connectivity index (χ1) is 14.4. The van der Waals surface area contributed by atoms with E-state index >= 15 is 0 Å². The molecule has 0 fully saturated rings. The van der Waals surface area contributed by atoms with E-state index in [0.717, 1.165) is 28.9 Å². The fourth-order valence-electron chi connectivity index (χ4n) is 3.51. The van der Waals surface area contributed by atoms with Crippen LogP contribution in [0.5, 0.6) is 5.75 Å². The highest BCUT2D eigenvalue weighted by Gasteiger charge is 2.21. The fourth-order valence-corrected chi connectivity index (χ4v) is 4.43. The molecular formula is C25H28O4S. The summed E-state index contributed by atoms with van der Waals surface area (Å²) in [5.74, 6) is 0.753. The maximum atomic E-state index is 12.6. The third kappa shape index (κ3) is 5.29. The van der Waals surface area contributed by atoms with Crippen molar-refractivity contribution in [2.24, 2.45) is 0 Å². The molecule has 3 aromatic rings. The Labute approximate surface area is 179 Å². The first-order valence-electron chi connectivity index (χ1n) is 10.1. The van der Waals surface area contributed by atoms with Gasteiger partial charge in [0.25, 0.3) is 10.1 Å². The summed E-state index contributed by atoms with van der Waals surface area (Å²) >= 11 is 0. The Morgan fingerprint density at radius 1 is 0.933 bits per heavy atom. The molecule has 1 atom stereocenters. The zero-order valence-corrected chi connectivity index (χ0v) is 18.5. The van der Waals surface area contributed by atoms with Crippen molar-refractivity contribution < 1.29 is 17.3 Å². The van der Waals surface area contributed by atoms with Crippen molar-refractivity contribution in [1.29, 1.82) is 0 Å². The van der Waals surface area contributed by atoms with Crippen LogP contribution in [-0.4, -0.2) is 22.1 Å². The third-order valence-corrected chi connectivity index (χ3v) is 6.56. The molecule has 5 heteroatoms. The van der Waals surface area contributed by atoms with Gasteiger partial charge in [-0.3, -0.25) is 4.18 Å². The van der Waals surface area contributed by atoms with E-state index in [-0.39, 0.29) is 17.4 Å². The van der Waals surface area contributed by atoms with Gasteiger partial charge >= 0.3 is 0 Å². The minimum Gasteiger partial charge on any atom is -0.496 e. The number of rotatable bonds is 9. The lowest BCUT2D eigenvalue weighted by Gasteiger charge is -2.21. The summed E-state index contributed by atoms with van der Waals surface area (Å²) in [6.07, 6.45) is 1.43. The molecule has 0 radical (unpaired) electrons. The molecule has 0 bridgehead atoms. The van der Waals surface area contributed by atoms with E-state index in [1.54, 1.807) is 31.4 Å². The van der Waals surface area contributed by atoms with Crippen molar-refractivity contribution in [3.63, 3.8) is 0 Å². The molecule has 0 aliphatic carbocycles. The number of hydrogen-bond acceptors (Lipinski definition) is 4. The van der Waals surface area contributed by atoms with Gasteiger partial charge in [-0.15, -0.1) is 0 Å². The van der Waals surface area contributed by atoms with E-state index in [0.29, 0.717) is 6.42 Å². The van der Waals surface area contributed by atoms with Gasteiger partial charge in [-0.25, -0.2) is 0 Å². The Hall–Kier alpha value is -2.63. The average molecular weight is 425 g/mol. The largest absolute Gasteiger partial charge is 0.496 e. The van der Waals surface area contributed by atoms with Crippen molar-refractivity contribution in [2.45, 2.75) is 37.5 Å². The predicted octanol–water partition coefficient (Wildman–Crippen LogP) is 5.49. The molecular weight excluding hydrogens is 396 g/mol. The van der Waals surface area contributed by atoms with Gasteiger partial charge in [0.15, 0.2) is 0 Å². The Morgan fingerprint density at radius 3 is 2.27 bits per heavy atom. The Morgan fingerprint density at radius 2 is 1.63 bits per heavy atom. The quantitative estimate of drug-likeness (QED) is 0.426. The summed E-state index contributed by atoms with van der Waals surface area (Å²) in [6.45, 7) is 4.11. The second-order valence-corrected chi connectivity index (χ2v) is 8.89. The predicted molar refractivity (Wildman–Crippen MR) is 120 cm³/mol. The smallest absolute Gasteiger partial charge is 0.296 e. The van der Waals surface area contributed by atoms with Gasteiger partial charge in [0.1, 0.15) is 5.75 Å². The van der Waals surface area contributed by atoms with Gasteiger partial charge in [-0.05, 0) is 49.1 Å². The topological polar surface area (TPSA) is 52.6 Å². The fraction of sp³-hybridized carbons (Fsp3) is 0.280. The van der Waals surface area contributed by atoms with Crippen LogP contribution in [0.25, 0.3) is 0 Å². The molecule has 4 nitrogen and oxygen atoms in total. The summed E-state index contributed by atoms with van der Waals surface area (Å²) < 4.78 is 36.2. The summed E-state index contributed by atoms with van der Waals surface area (Å²) in [4.78, 5) is 0.176. The maximum absolute atomic E-state index is 12.6. The molecule has 0 heterocycles. The van der Waals surface area contributed by atoms with Crippen molar-refractivity contribution in [1.82, 2.24) is 0 Å². The van der Waals surface area contributed by atoms with Crippen LogP contribution in [0, 0.1) is 6.92 Å². The lowest BCUT2D eigenvalue weighted by molar-refractivity contribution is 0.304. The second-order valence-electron chi connectivity index (χ2n) is 7.27. The van der Waals surface area contributed by atoms with E-state index in [1.165, 1.54) is 5.56 Å². The molecule has 0 unspecified atom stereocenters. The number of benzene rings is 3. The SMILES string of the molecule is CCc1ccc(OC)c([C@H](CCOS(=O)(=O)c2ccc(C)cc2)c2ccccc2)c1. The van der Waals surface area contributed by atoms with Crippen LogP contribution in [0.2, 0.25) is 0 Å². The number of hydrogen-bond donors (Lipinski definition) is 0. The Kier molecular flexibility index (Phi) is 7.29. The van der Waals surface area contributed by atoms with Gasteiger partial charge in [0, 0.05) is 11.5 Å². The highest BCUT2D eigenvalue weighted by atomic mass is 32.2. The van der Waals surface area contributed by atoms with Crippen LogP contribution in [0.1, 0.15) is 41.5 Å². The maximum Gasteiger partial charge on any atom is 0.296 e. The number of methoxy groups -OCH3 is 1. The molecule has 0 saturated heterocycles.